The minimum Gasteiger partial charge on any atom is -0.452 e. The van der Waals surface area contributed by atoms with E-state index in [2.05, 4.69) is 11.9 Å². The van der Waals surface area contributed by atoms with Gasteiger partial charge in [-0.15, -0.1) is 6.58 Å². The largest absolute Gasteiger partial charge is 0.452 e. The summed E-state index contributed by atoms with van der Waals surface area (Å²) in [7, 11) is -4.00. The van der Waals surface area contributed by atoms with Gasteiger partial charge in [-0.2, -0.15) is 0 Å². The molecule has 0 unspecified atom stereocenters. The number of halogens is 1. The number of benzene rings is 2. The Morgan fingerprint density at radius 3 is 2.47 bits per heavy atom. The van der Waals surface area contributed by atoms with Gasteiger partial charge >= 0.3 is 5.97 Å². The van der Waals surface area contributed by atoms with Crippen LogP contribution >= 0.6 is 11.6 Å². The second-order valence-electron chi connectivity index (χ2n) is 6.63. The Morgan fingerprint density at radius 2 is 1.87 bits per heavy atom. The van der Waals surface area contributed by atoms with Gasteiger partial charge in [-0.05, 0) is 56.3 Å². The van der Waals surface area contributed by atoms with Crippen molar-refractivity contribution in [3.63, 3.8) is 0 Å². The molecule has 0 aromatic heterocycles. The van der Waals surface area contributed by atoms with Gasteiger partial charge in [-0.1, -0.05) is 23.7 Å². The molecule has 0 heterocycles. The summed E-state index contributed by atoms with van der Waals surface area (Å²) in [6.07, 6.45) is 1.46. The molecule has 2 aromatic carbocycles. The van der Waals surface area contributed by atoms with Crippen LogP contribution < -0.4 is 9.62 Å². The van der Waals surface area contributed by atoms with Crippen molar-refractivity contribution in [2.24, 2.45) is 0 Å². The van der Waals surface area contributed by atoms with Crippen LogP contribution in [0.1, 0.15) is 24.2 Å². The molecule has 0 saturated carbocycles. The van der Waals surface area contributed by atoms with Gasteiger partial charge in [-0.25, -0.2) is 13.2 Å². The number of carbonyl (C=O) groups excluding carboxylic acids is 2. The predicted octanol–water partition coefficient (Wildman–Crippen LogP) is 3.40. The molecule has 2 aromatic rings. The monoisotopic (exact) mass is 450 g/mol. The second-order valence-corrected chi connectivity index (χ2v) is 8.93. The minimum absolute atomic E-state index is 0.0167. The first-order chi connectivity index (χ1) is 14.1. The SMILES string of the molecule is C=CCN(c1ccc(Cl)cc1)S(=O)(=O)c1cccc(C(=O)OCC(=O)NC(C)C)c1. The third kappa shape index (κ3) is 6.08. The summed E-state index contributed by atoms with van der Waals surface area (Å²) in [5.74, 6) is -1.24. The van der Waals surface area contributed by atoms with E-state index in [4.69, 9.17) is 16.3 Å². The fraction of sp³-hybridized carbons (Fsp3) is 0.238. The zero-order valence-electron chi connectivity index (χ0n) is 16.7. The van der Waals surface area contributed by atoms with E-state index in [9.17, 15) is 18.0 Å². The first kappa shape index (κ1) is 23.4. The molecule has 0 fully saturated rings. The Balaban J connectivity index is 2.27. The zero-order chi connectivity index (χ0) is 22.3. The summed E-state index contributed by atoms with van der Waals surface area (Å²) in [6.45, 7) is 6.74. The van der Waals surface area contributed by atoms with Gasteiger partial charge < -0.3 is 10.1 Å². The van der Waals surface area contributed by atoms with E-state index in [1.165, 1.54) is 30.3 Å². The molecule has 0 aliphatic carbocycles. The number of hydrogen-bond donors (Lipinski definition) is 1. The van der Waals surface area contributed by atoms with Crippen LogP contribution in [-0.4, -0.2) is 39.5 Å². The lowest BCUT2D eigenvalue weighted by Crippen LogP contribution is -2.34. The Labute approximate surface area is 181 Å². The summed E-state index contributed by atoms with van der Waals surface area (Å²) in [4.78, 5) is 23.8. The minimum atomic E-state index is -4.00. The van der Waals surface area contributed by atoms with Crippen LogP contribution in [0.2, 0.25) is 5.02 Å². The van der Waals surface area contributed by atoms with Gasteiger partial charge in [0.25, 0.3) is 15.9 Å². The van der Waals surface area contributed by atoms with Crippen molar-refractivity contribution in [2.45, 2.75) is 24.8 Å². The van der Waals surface area contributed by atoms with Crippen LogP contribution in [-0.2, 0) is 19.6 Å². The number of amides is 1. The van der Waals surface area contributed by atoms with Gasteiger partial charge in [0.2, 0.25) is 0 Å². The Hall–Kier alpha value is -2.84. The maximum absolute atomic E-state index is 13.2. The molecule has 0 bridgehead atoms. The molecule has 0 spiro atoms. The van der Waals surface area contributed by atoms with Crippen molar-refractivity contribution < 1.29 is 22.7 Å². The van der Waals surface area contributed by atoms with Crippen LogP contribution in [0.5, 0.6) is 0 Å². The van der Waals surface area contributed by atoms with Gasteiger partial charge in [0.1, 0.15) is 0 Å². The van der Waals surface area contributed by atoms with E-state index in [-0.39, 0.29) is 23.0 Å². The van der Waals surface area contributed by atoms with E-state index in [1.54, 1.807) is 38.1 Å². The highest BCUT2D eigenvalue weighted by Crippen LogP contribution is 2.25. The number of esters is 1. The van der Waals surface area contributed by atoms with Crippen molar-refractivity contribution in [1.29, 1.82) is 0 Å². The molecule has 30 heavy (non-hydrogen) atoms. The lowest BCUT2D eigenvalue weighted by atomic mass is 10.2. The summed E-state index contributed by atoms with van der Waals surface area (Å²) >= 11 is 5.89. The zero-order valence-corrected chi connectivity index (χ0v) is 18.2. The lowest BCUT2D eigenvalue weighted by molar-refractivity contribution is -0.124. The second kappa shape index (κ2) is 10.3. The molecule has 0 atom stereocenters. The fourth-order valence-electron chi connectivity index (χ4n) is 2.56. The molecular formula is C21H23ClN2O5S. The molecule has 0 aliphatic rings. The first-order valence-corrected chi connectivity index (χ1v) is 10.9. The molecule has 7 nitrogen and oxygen atoms in total. The third-order valence-electron chi connectivity index (χ3n) is 3.85. The molecule has 0 radical (unpaired) electrons. The van der Waals surface area contributed by atoms with E-state index in [0.29, 0.717) is 10.7 Å². The van der Waals surface area contributed by atoms with Gasteiger partial charge in [-0.3, -0.25) is 9.10 Å². The molecule has 0 saturated heterocycles. The summed E-state index contributed by atoms with van der Waals surface area (Å²) in [5.41, 5.74) is 0.417. The summed E-state index contributed by atoms with van der Waals surface area (Å²) < 4.78 is 32.5. The molecule has 1 amide bonds. The molecule has 9 heteroatoms. The van der Waals surface area contributed by atoms with E-state index >= 15 is 0 Å². The van der Waals surface area contributed by atoms with Crippen molar-refractivity contribution in [3.8, 4) is 0 Å². The third-order valence-corrected chi connectivity index (χ3v) is 5.89. The summed E-state index contributed by atoms with van der Waals surface area (Å²) in [5, 5.41) is 3.07. The molecule has 2 rings (SSSR count). The van der Waals surface area contributed by atoms with Crippen LogP contribution in [0, 0.1) is 0 Å². The lowest BCUT2D eigenvalue weighted by Gasteiger charge is -2.23. The van der Waals surface area contributed by atoms with Crippen molar-refractivity contribution in [1.82, 2.24) is 5.32 Å². The smallest absolute Gasteiger partial charge is 0.338 e. The number of sulfonamides is 1. The quantitative estimate of drug-likeness (QED) is 0.467. The average Bonchev–Trinajstić information content (AvgIpc) is 2.70. The van der Waals surface area contributed by atoms with Crippen molar-refractivity contribution in [3.05, 3.63) is 71.8 Å². The van der Waals surface area contributed by atoms with E-state index in [0.717, 1.165) is 4.31 Å². The van der Waals surface area contributed by atoms with Gasteiger partial charge in [0.05, 0.1) is 22.7 Å². The maximum atomic E-state index is 13.2. The fourth-order valence-corrected chi connectivity index (χ4v) is 4.16. The molecule has 1 N–H and O–H groups in total. The Kier molecular flexibility index (Phi) is 8.02. The number of anilines is 1. The highest BCUT2D eigenvalue weighted by molar-refractivity contribution is 7.92. The standard InChI is InChI=1S/C21H23ClN2O5S/c1-4-12-24(18-10-8-17(22)9-11-18)30(27,28)19-7-5-6-16(13-19)21(26)29-14-20(25)23-15(2)3/h4-11,13,15H,1,12,14H2,2-3H3,(H,23,25). The number of carbonyl (C=O) groups is 2. The van der Waals surface area contributed by atoms with Crippen LogP contribution in [0.15, 0.2) is 66.1 Å². The highest BCUT2D eigenvalue weighted by Gasteiger charge is 2.25. The van der Waals surface area contributed by atoms with Crippen LogP contribution in [0.4, 0.5) is 5.69 Å². The Bertz CT molecular complexity index is 1020. The van der Waals surface area contributed by atoms with Crippen LogP contribution in [0.3, 0.4) is 0 Å². The van der Waals surface area contributed by atoms with Gasteiger partial charge in [0, 0.05) is 11.1 Å². The van der Waals surface area contributed by atoms with Crippen molar-refractivity contribution in [2.75, 3.05) is 17.5 Å². The van der Waals surface area contributed by atoms with Crippen LogP contribution in [0.25, 0.3) is 0 Å². The molecular weight excluding hydrogens is 428 g/mol. The van der Waals surface area contributed by atoms with E-state index < -0.39 is 28.5 Å². The average molecular weight is 451 g/mol. The topological polar surface area (TPSA) is 92.8 Å². The predicted molar refractivity (Wildman–Crippen MR) is 116 cm³/mol. The first-order valence-electron chi connectivity index (χ1n) is 9.11. The van der Waals surface area contributed by atoms with E-state index in [1.807, 2.05) is 0 Å². The number of hydrogen-bond acceptors (Lipinski definition) is 5. The maximum Gasteiger partial charge on any atom is 0.338 e. The normalized spacial score (nSPS) is 11.1. The number of rotatable bonds is 9. The molecule has 0 aliphatic heterocycles. The molecule has 160 valence electrons. The number of ether oxygens (including phenoxy) is 1. The Morgan fingerprint density at radius 1 is 1.20 bits per heavy atom. The summed E-state index contributed by atoms with van der Waals surface area (Å²) in [6, 6.07) is 11.7. The number of nitrogens with zero attached hydrogens (tertiary/aromatic N) is 1. The van der Waals surface area contributed by atoms with Crippen molar-refractivity contribution >= 4 is 39.2 Å². The van der Waals surface area contributed by atoms with Gasteiger partial charge in [0.15, 0.2) is 6.61 Å². The number of nitrogens with one attached hydrogen (secondary N) is 1. The highest BCUT2D eigenvalue weighted by atomic mass is 35.5.